The fourth-order valence-electron chi connectivity index (χ4n) is 2.01. The maximum atomic E-state index is 5.58. The summed E-state index contributed by atoms with van der Waals surface area (Å²) in [5, 5.41) is 3.37. The number of rotatable bonds is 9. The van der Waals surface area contributed by atoms with E-state index in [1.54, 1.807) is 0 Å². The van der Waals surface area contributed by atoms with Crippen LogP contribution in [-0.4, -0.2) is 22.6 Å². The Morgan fingerprint density at radius 1 is 1.20 bits per heavy atom. The van der Waals surface area contributed by atoms with Gasteiger partial charge in [0.15, 0.2) is 0 Å². The summed E-state index contributed by atoms with van der Waals surface area (Å²) in [5.41, 5.74) is 0.933. The van der Waals surface area contributed by atoms with Crippen molar-refractivity contribution in [2.45, 2.75) is 66.3 Å². The van der Waals surface area contributed by atoms with Crippen LogP contribution in [0.3, 0.4) is 0 Å². The molecular weight excluding hydrogens is 250 g/mol. The van der Waals surface area contributed by atoms with Gasteiger partial charge in [-0.1, -0.05) is 33.6 Å². The van der Waals surface area contributed by atoms with Gasteiger partial charge in [-0.15, -0.1) is 0 Å². The van der Waals surface area contributed by atoms with Crippen LogP contribution in [0.5, 0.6) is 5.88 Å². The number of hydrogen-bond donors (Lipinski definition) is 1. The molecular formula is C16H29N3O. The zero-order chi connectivity index (χ0) is 15.0. The van der Waals surface area contributed by atoms with E-state index in [0.29, 0.717) is 24.5 Å². The average molecular weight is 279 g/mol. The number of aryl methyl sites for hydroxylation is 1. The predicted octanol–water partition coefficient (Wildman–Crippen LogP) is 4.20. The van der Waals surface area contributed by atoms with E-state index >= 15 is 0 Å². The lowest BCUT2D eigenvalue weighted by Crippen LogP contribution is -2.17. The van der Waals surface area contributed by atoms with Crippen LogP contribution < -0.4 is 10.1 Å². The topological polar surface area (TPSA) is 47.0 Å². The van der Waals surface area contributed by atoms with Crippen molar-refractivity contribution < 1.29 is 4.74 Å². The van der Waals surface area contributed by atoms with Gasteiger partial charge < -0.3 is 10.1 Å². The maximum absolute atomic E-state index is 5.58. The molecule has 0 saturated carbocycles. The first-order valence-electron chi connectivity index (χ1n) is 7.76. The lowest BCUT2D eigenvalue weighted by atomic mass is 10.0. The van der Waals surface area contributed by atoms with E-state index in [1.807, 2.05) is 13.0 Å². The van der Waals surface area contributed by atoms with E-state index in [2.05, 4.69) is 43.0 Å². The molecule has 0 bridgehead atoms. The van der Waals surface area contributed by atoms with E-state index in [0.717, 1.165) is 24.5 Å². The first-order valence-corrected chi connectivity index (χ1v) is 7.76. The fourth-order valence-corrected chi connectivity index (χ4v) is 2.01. The third-order valence-electron chi connectivity index (χ3n) is 3.08. The van der Waals surface area contributed by atoms with Crippen molar-refractivity contribution in [1.82, 2.24) is 9.97 Å². The van der Waals surface area contributed by atoms with Crippen LogP contribution in [0.25, 0.3) is 0 Å². The van der Waals surface area contributed by atoms with E-state index < -0.39 is 0 Å². The number of nitrogens with one attached hydrogen (secondary N) is 1. The van der Waals surface area contributed by atoms with Gasteiger partial charge >= 0.3 is 0 Å². The van der Waals surface area contributed by atoms with Crippen LogP contribution in [0.2, 0.25) is 0 Å². The minimum atomic E-state index is 0.384. The summed E-state index contributed by atoms with van der Waals surface area (Å²) < 4.78 is 5.58. The lowest BCUT2D eigenvalue weighted by molar-refractivity contribution is 0.305. The number of aromatic nitrogens is 2. The van der Waals surface area contributed by atoms with Gasteiger partial charge in [-0.05, 0) is 32.6 Å². The van der Waals surface area contributed by atoms with Crippen LogP contribution in [0.15, 0.2) is 6.07 Å². The molecule has 0 radical (unpaired) electrons. The number of nitrogens with zero attached hydrogens (tertiary/aromatic N) is 2. The van der Waals surface area contributed by atoms with Gasteiger partial charge in [-0.2, -0.15) is 4.98 Å². The molecule has 1 rings (SSSR count). The predicted molar refractivity (Wildman–Crippen MR) is 84.3 cm³/mol. The Balaban J connectivity index is 2.51. The normalized spacial score (nSPS) is 12.5. The summed E-state index contributed by atoms with van der Waals surface area (Å²) in [4.78, 5) is 8.83. The van der Waals surface area contributed by atoms with Crippen LogP contribution in [0, 0.1) is 12.8 Å². The minimum absolute atomic E-state index is 0.384. The van der Waals surface area contributed by atoms with E-state index in [9.17, 15) is 0 Å². The highest BCUT2D eigenvalue weighted by molar-refractivity contribution is 5.31. The number of anilines is 1. The van der Waals surface area contributed by atoms with Crippen molar-refractivity contribution in [1.29, 1.82) is 0 Å². The average Bonchev–Trinajstić information content (AvgIpc) is 2.35. The second kappa shape index (κ2) is 8.77. The third kappa shape index (κ3) is 6.73. The Kier molecular flexibility index (Phi) is 7.34. The Labute approximate surface area is 123 Å². The van der Waals surface area contributed by atoms with E-state index in [-0.39, 0.29) is 0 Å². The highest BCUT2D eigenvalue weighted by Crippen LogP contribution is 2.15. The molecule has 1 aromatic heterocycles. The Morgan fingerprint density at radius 3 is 2.60 bits per heavy atom. The quantitative estimate of drug-likeness (QED) is 0.736. The fraction of sp³-hybridized carbons (Fsp3) is 0.750. The van der Waals surface area contributed by atoms with Crippen molar-refractivity contribution >= 4 is 5.95 Å². The van der Waals surface area contributed by atoms with Crippen molar-refractivity contribution in [2.24, 2.45) is 5.92 Å². The highest BCUT2D eigenvalue weighted by Gasteiger charge is 2.07. The van der Waals surface area contributed by atoms with Crippen molar-refractivity contribution in [3.05, 3.63) is 11.8 Å². The molecule has 1 N–H and O–H groups in total. The second-order valence-electron chi connectivity index (χ2n) is 5.89. The molecule has 1 heterocycles. The molecule has 0 fully saturated rings. The monoisotopic (exact) mass is 279 g/mol. The minimum Gasteiger partial charge on any atom is -0.478 e. The molecule has 0 saturated heterocycles. The molecule has 0 aliphatic rings. The molecule has 0 amide bonds. The summed E-state index contributed by atoms with van der Waals surface area (Å²) in [5.74, 6) is 2.11. The van der Waals surface area contributed by atoms with Gasteiger partial charge in [0, 0.05) is 17.8 Å². The SMILES string of the molecule is CCCOc1cc(C)nc(NC(C)CCCC(C)C)n1. The molecule has 0 aromatic carbocycles. The van der Waals surface area contributed by atoms with Crippen LogP contribution in [-0.2, 0) is 0 Å². The molecule has 20 heavy (non-hydrogen) atoms. The van der Waals surface area contributed by atoms with Gasteiger partial charge in [0.2, 0.25) is 11.8 Å². The van der Waals surface area contributed by atoms with Crippen molar-refractivity contribution in [3.63, 3.8) is 0 Å². The van der Waals surface area contributed by atoms with Crippen molar-refractivity contribution in [3.8, 4) is 5.88 Å². The smallest absolute Gasteiger partial charge is 0.226 e. The molecule has 0 aliphatic heterocycles. The summed E-state index contributed by atoms with van der Waals surface area (Å²) in [6.07, 6.45) is 4.63. The second-order valence-corrected chi connectivity index (χ2v) is 5.89. The van der Waals surface area contributed by atoms with Gasteiger partial charge in [0.25, 0.3) is 0 Å². The van der Waals surface area contributed by atoms with Gasteiger partial charge in [0.1, 0.15) is 0 Å². The van der Waals surface area contributed by atoms with Gasteiger partial charge in [-0.25, -0.2) is 4.98 Å². The molecule has 0 aliphatic carbocycles. The van der Waals surface area contributed by atoms with Gasteiger partial charge in [0.05, 0.1) is 6.61 Å². The van der Waals surface area contributed by atoms with E-state index in [4.69, 9.17) is 4.74 Å². The number of ether oxygens (including phenoxy) is 1. The summed E-state index contributed by atoms with van der Waals surface area (Å²) in [6.45, 7) is 11.5. The molecule has 4 nitrogen and oxygen atoms in total. The maximum Gasteiger partial charge on any atom is 0.226 e. The van der Waals surface area contributed by atoms with Crippen LogP contribution in [0.1, 0.15) is 59.1 Å². The van der Waals surface area contributed by atoms with Crippen LogP contribution >= 0.6 is 0 Å². The zero-order valence-corrected chi connectivity index (χ0v) is 13.6. The molecule has 114 valence electrons. The molecule has 0 spiro atoms. The first kappa shape index (κ1) is 16.7. The van der Waals surface area contributed by atoms with Crippen molar-refractivity contribution in [2.75, 3.05) is 11.9 Å². The molecule has 1 aromatic rings. The molecule has 1 atom stereocenters. The Morgan fingerprint density at radius 2 is 1.95 bits per heavy atom. The first-order chi connectivity index (χ1) is 9.51. The third-order valence-corrected chi connectivity index (χ3v) is 3.08. The molecule has 1 unspecified atom stereocenters. The molecule has 4 heteroatoms. The van der Waals surface area contributed by atoms with Crippen LogP contribution in [0.4, 0.5) is 5.95 Å². The Hall–Kier alpha value is -1.32. The standard InChI is InChI=1S/C16H29N3O/c1-6-10-20-15-11-14(5)18-16(19-15)17-13(4)9-7-8-12(2)3/h11-13H,6-10H2,1-5H3,(H,17,18,19). The summed E-state index contributed by atoms with van der Waals surface area (Å²) >= 11 is 0. The zero-order valence-electron chi connectivity index (χ0n) is 13.6. The van der Waals surface area contributed by atoms with E-state index in [1.165, 1.54) is 12.8 Å². The Bertz CT molecular complexity index is 393. The summed E-state index contributed by atoms with van der Waals surface area (Å²) in [7, 11) is 0. The van der Waals surface area contributed by atoms with Gasteiger partial charge in [-0.3, -0.25) is 0 Å². The lowest BCUT2D eigenvalue weighted by Gasteiger charge is -2.15. The highest BCUT2D eigenvalue weighted by atomic mass is 16.5. The number of hydrogen-bond acceptors (Lipinski definition) is 4. The summed E-state index contributed by atoms with van der Waals surface area (Å²) in [6, 6.07) is 2.26. The largest absolute Gasteiger partial charge is 0.478 e.